The molecule has 2 aromatic rings. The van der Waals surface area contributed by atoms with E-state index >= 15 is 0 Å². The molecule has 5 nitrogen and oxygen atoms in total. The summed E-state index contributed by atoms with van der Waals surface area (Å²) in [5.74, 6) is 0.829. The van der Waals surface area contributed by atoms with Crippen molar-refractivity contribution < 1.29 is 0 Å². The van der Waals surface area contributed by atoms with Gasteiger partial charge in [0.15, 0.2) is 5.96 Å². The third kappa shape index (κ3) is 7.39. The first-order chi connectivity index (χ1) is 13.2. The van der Waals surface area contributed by atoms with Crippen LogP contribution in [0.15, 0.2) is 53.7 Å². The van der Waals surface area contributed by atoms with E-state index in [0.29, 0.717) is 12.6 Å². The van der Waals surface area contributed by atoms with Gasteiger partial charge >= 0.3 is 0 Å². The lowest BCUT2D eigenvalue weighted by molar-refractivity contribution is 0.219. The number of nitrogens with one attached hydrogen (secondary N) is 2. The van der Waals surface area contributed by atoms with Gasteiger partial charge < -0.3 is 10.6 Å². The molecule has 0 aliphatic carbocycles. The Kier molecular flexibility index (Phi) is 11.7. The van der Waals surface area contributed by atoms with Crippen LogP contribution in [0.3, 0.4) is 0 Å². The van der Waals surface area contributed by atoms with Crippen LogP contribution in [0.4, 0.5) is 0 Å². The molecule has 0 aliphatic rings. The van der Waals surface area contributed by atoms with E-state index < -0.39 is 0 Å². The van der Waals surface area contributed by atoms with E-state index in [4.69, 9.17) is 4.99 Å². The number of likely N-dealkylation sites (N-methyl/N-ethyl adjacent to an activating group) is 1. The molecule has 1 unspecified atom stereocenters. The summed E-state index contributed by atoms with van der Waals surface area (Å²) in [5, 5.41) is 6.87. The molecule has 0 amide bonds. The summed E-state index contributed by atoms with van der Waals surface area (Å²) >= 11 is 0. The zero-order chi connectivity index (χ0) is 19.5. The van der Waals surface area contributed by atoms with Crippen molar-refractivity contribution in [3.63, 3.8) is 0 Å². The van der Waals surface area contributed by atoms with Gasteiger partial charge in [-0.1, -0.05) is 50.2 Å². The maximum absolute atomic E-state index is 4.73. The second kappa shape index (κ2) is 13.5. The van der Waals surface area contributed by atoms with E-state index in [1.165, 1.54) is 11.1 Å². The van der Waals surface area contributed by atoms with Gasteiger partial charge in [0, 0.05) is 19.3 Å². The van der Waals surface area contributed by atoms with Gasteiger partial charge in [-0.25, -0.2) is 4.99 Å². The lowest BCUT2D eigenvalue weighted by Gasteiger charge is -2.30. The van der Waals surface area contributed by atoms with Gasteiger partial charge in [-0.05, 0) is 44.1 Å². The first kappa shape index (κ1) is 24.4. The van der Waals surface area contributed by atoms with Gasteiger partial charge in [0.25, 0.3) is 0 Å². The molecule has 1 heterocycles. The zero-order valence-corrected chi connectivity index (χ0v) is 19.8. The lowest BCUT2D eigenvalue weighted by atomic mass is 10.1. The molecule has 2 rings (SSSR count). The number of benzene rings is 1. The summed E-state index contributed by atoms with van der Waals surface area (Å²) < 4.78 is 0. The number of aromatic nitrogens is 1. The molecule has 0 saturated heterocycles. The molecule has 6 heteroatoms. The first-order valence-electron chi connectivity index (χ1n) is 9.91. The number of hydrogen-bond acceptors (Lipinski definition) is 3. The normalized spacial score (nSPS) is 12.4. The molecule has 1 aromatic heterocycles. The average Bonchev–Trinajstić information content (AvgIpc) is 2.70. The van der Waals surface area contributed by atoms with Crippen molar-refractivity contribution in [2.45, 2.75) is 40.3 Å². The minimum absolute atomic E-state index is 0. The lowest BCUT2D eigenvalue weighted by Crippen LogP contribution is -2.43. The third-order valence-corrected chi connectivity index (χ3v) is 4.75. The van der Waals surface area contributed by atoms with Crippen molar-refractivity contribution in [2.24, 2.45) is 4.99 Å². The molecule has 0 radical (unpaired) electrons. The highest BCUT2D eigenvalue weighted by atomic mass is 127. The number of hydrogen-bond donors (Lipinski definition) is 2. The SMILES string of the molecule is CCNC(=NCc1ncccc1C)NCC(c1ccccc1)N(CC)CC.I. The van der Waals surface area contributed by atoms with Crippen LogP contribution >= 0.6 is 24.0 Å². The van der Waals surface area contributed by atoms with Crippen LogP contribution in [0.1, 0.15) is 43.6 Å². The minimum Gasteiger partial charge on any atom is -0.357 e. The highest BCUT2D eigenvalue weighted by Gasteiger charge is 2.18. The number of aliphatic imine (C=N–C) groups is 1. The van der Waals surface area contributed by atoms with Gasteiger partial charge in [0.1, 0.15) is 0 Å². The van der Waals surface area contributed by atoms with Crippen LogP contribution in [0.2, 0.25) is 0 Å². The van der Waals surface area contributed by atoms with E-state index in [-0.39, 0.29) is 24.0 Å². The van der Waals surface area contributed by atoms with Crippen molar-refractivity contribution in [1.82, 2.24) is 20.5 Å². The van der Waals surface area contributed by atoms with E-state index in [1.807, 2.05) is 12.3 Å². The number of halogens is 1. The summed E-state index contributed by atoms with van der Waals surface area (Å²) in [6, 6.07) is 15.0. The highest BCUT2D eigenvalue weighted by molar-refractivity contribution is 14.0. The molecule has 28 heavy (non-hydrogen) atoms. The monoisotopic (exact) mass is 495 g/mol. The maximum atomic E-state index is 4.73. The highest BCUT2D eigenvalue weighted by Crippen LogP contribution is 2.19. The van der Waals surface area contributed by atoms with Crippen LogP contribution in [0.25, 0.3) is 0 Å². The van der Waals surface area contributed by atoms with Crippen LogP contribution in [0, 0.1) is 6.92 Å². The van der Waals surface area contributed by atoms with Gasteiger partial charge in [-0.15, -0.1) is 24.0 Å². The summed E-state index contributed by atoms with van der Waals surface area (Å²) in [7, 11) is 0. The second-order valence-electron chi connectivity index (χ2n) is 6.49. The Balaban J connectivity index is 0.00000392. The Morgan fingerprint density at radius 3 is 2.36 bits per heavy atom. The molecule has 154 valence electrons. The van der Waals surface area contributed by atoms with Gasteiger partial charge in [-0.3, -0.25) is 9.88 Å². The van der Waals surface area contributed by atoms with Crippen molar-refractivity contribution in [3.8, 4) is 0 Å². The van der Waals surface area contributed by atoms with E-state index in [1.54, 1.807) is 0 Å². The first-order valence-corrected chi connectivity index (χ1v) is 9.91. The zero-order valence-electron chi connectivity index (χ0n) is 17.5. The largest absolute Gasteiger partial charge is 0.357 e. The number of rotatable bonds is 9. The van der Waals surface area contributed by atoms with Crippen molar-refractivity contribution in [1.29, 1.82) is 0 Å². The maximum Gasteiger partial charge on any atom is 0.191 e. The third-order valence-electron chi connectivity index (χ3n) is 4.75. The van der Waals surface area contributed by atoms with Crippen molar-refractivity contribution in [3.05, 3.63) is 65.5 Å². The molecule has 0 spiro atoms. The number of pyridine rings is 1. The molecule has 1 aromatic carbocycles. The Bertz CT molecular complexity index is 701. The second-order valence-corrected chi connectivity index (χ2v) is 6.49. The van der Waals surface area contributed by atoms with Crippen LogP contribution in [-0.4, -0.2) is 42.0 Å². The minimum atomic E-state index is 0. The standard InChI is InChI=1S/C22H33N5.HI/c1-5-23-22(25-16-20-18(4)12-11-15-24-20)26-17-21(27(6-2)7-3)19-13-9-8-10-14-19;/h8-15,21H,5-7,16-17H2,1-4H3,(H2,23,25,26);1H. The Morgan fingerprint density at radius 1 is 1.04 bits per heavy atom. The average molecular weight is 495 g/mol. The van der Waals surface area contributed by atoms with E-state index in [0.717, 1.165) is 37.8 Å². The van der Waals surface area contributed by atoms with Gasteiger partial charge in [0.2, 0.25) is 0 Å². The van der Waals surface area contributed by atoms with Crippen LogP contribution < -0.4 is 10.6 Å². The fourth-order valence-corrected chi connectivity index (χ4v) is 3.17. The Hall–Kier alpha value is -1.67. The molecule has 0 saturated carbocycles. The van der Waals surface area contributed by atoms with Crippen molar-refractivity contribution in [2.75, 3.05) is 26.2 Å². The van der Waals surface area contributed by atoms with E-state index in [2.05, 4.69) is 84.6 Å². The fraction of sp³-hybridized carbons (Fsp3) is 0.455. The molecule has 1 atom stereocenters. The number of aryl methyl sites for hydroxylation is 1. The molecule has 0 fully saturated rings. The summed E-state index contributed by atoms with van der Waals surface area (Å²) in [6.07, 6.45) is 1.82. The van der Waals surface area contributed by atoms with Crippen molar-refractivity contribution >= 4 is 29.9 Å². The molecule has 0 bridgehead atoms. The predicted octanol–water partition coefficient (Wildman–Crippen LogP) is 4.15. The quantitative estimate of drug-likeness (QED) is 0.312. The summed E-state index contributed by atoms with van der Waals surface area (Å²) in [6.45, 7) is 12.8. The summed E-state index contributed by atoms with van der Waals surface area (Å²) in [5.41, 5.74) is 3.51. The Labute approximate surface area is 187 Å². The smallest absolute Gasteiger partial charge is 0.191 e. The van der Waals surface area contributed by atoms with Crippen LogP contribution in [0.5, 0.6) is 0 Å². The molecular weight excluding hydrogens is 461 g/mol. The Morgan fingerprint density at radius 2 is 1.75 bits per heavy atom. The fourth-order valence-electron chi connectivity index (χ4n) is 3.17. The molecule has 2 N–H and O–H groups in total. The summed E-state index contributed by atoms with van der Waals surface area (Å²) in [4.78, 5) is 11.6. The van der Waals surface area contributed by atoms with Gasteiger partial charge in [-0.2, -0.15) is 0 Å². The predicted molar refractivity (Wildman–Crippen MR) is 129 cm³/mol. The molecule has 0 aliphatic heterocycles. The topological polar surface area (TPSA) is 52.6 Å². The number of guanidine groups is 1. The van der Waals surface area contributed by atoms with E-state index in [9.17, 15) is 0 Å². The van der Waals surface area contributed by atoms with Gasteiger partial charge in [0.05, 0.1) is 18.3 Å². The number of nitrogens with zero attached hydrogens (tertiary/aromatic N) is 3. The molecular formula is C22H34IN5. The van der Waals surface area contributed by atoms with Crippen LogP contribution in [-0.2, 0) is 6.54 Å².